The van der Waals surface area contributed by atoms with E-state index in [0.29, 0.717) is 46.3 Å². The zero-order chi connectivity index (χ0) is 26.0. The number of pyridine rings is 1. The first-order valence-corrected chi connectivity index (χ1v) is 12.5. The number of rotatable bonds is 9. The van der Waals surface area contributed by atoms with Crippen molar-refractivity contribution in [3.05, 3.63) is 65.1 Å². The van der Waals surface area contributed by atoms with Gasteiger partial charge in [0.2, 0.25) is 5.91 Å². The van der Waals surface area contributed by atoms with Crippen LogP contribution in [0, 0.1) is 5.82 Å². The van der Waals surface area contributed by atoms with Crippen LogP contribution in [0.2, 0.25) is 0 Å². The Hall–Kier alpha value is -3.34. The largest absolute Gasteiger partial charge is 0.386 e. The summed E-state index contributed by atoms with van der Waals surface area (Å²) < 4.78 is 14.9. The number of carbonyl (C=O) groups excluding carboxylic acids is 2. The number of hydrogen-bond acceptors (Lipinski definition) is 7. The van der Waals surface area contributed by atoms with Crippen LogP contribution in [0.25, 0.3) is 10.4 Å². The minimum Gasteiger partial charge on any atom is -0.386 e. The second-order valence-corrected chi connectivity index (χ2v) is 10.5. The van der Waals surface area contributed by atoms with E-state index in [1.807, 2.05) is 19.2 Å². The zero-order valence-electron chi connectivity index (χ0n) is 20.5. The summed E-state index contributed by atoms with van der Waals surface area (Å²) in [7, 11) is 1.82. The normalized spacial score (nSPS) is 16.0. The van der Waals surface area contributed by atoms with E-state index >= 15 is 0 Å². The topological polar surface area (TPSA) is 121 Å². The van der Waals surface area contributed by atoms with Crippen LogP contribution in [0.5, 0.6) is 0 Å². The summed E-state index contributed by atoms with van der Waals surface area (Å²) >= 11 is 1.20. The number of nitrogens with one attached hydrogen (secondary N) is 2. The van der Waals surface area contributed by atoms with Crippen LogP contribution in [-0.2, 0) is 16.9 Å². The number of nitrogens with zero attached hydrogens (tertiary/aromatic N) is 2. The molecule has 4 rings (SSSR count). The molecule has 1 aliphatic heterocycles. The van der Waals surface area contributed by atoms with Crippen molar-refractivity contribution >= 4 is 34.0 Å². The first-order chi connectivity index (χ1) is 17.0. The fraction of sp³-hybridized carbons (Fsp3) is 0.346. The first-order valence-electron chi connectivity index (χ1n) is 11.7. The van der Waals surface area contributed by atoms with Crippen molar-refractivity contribution in [1.29, 1.82) is 0 Å². The lowest BCUT2D eigenvalue weighted by molar-refractivity contribution is -0.127. The maximum Gasteiger partial charge on any atom is 0.251 e. The molecule has 1 atom stereocenters. The maximum atomic E-state index is 14.9. The highest BCUT2D eigenvalue weighted by Gasteiger charge is 2.27. The molecule has 0 aliphatic carbocycles. The molecule has 1 unspecified atom stereocenters. The highest BCUT2D eigenvalue weighted by molar-refractivity contribution is 7.19. The minimum absolute atomic E-state index is 0.166. The smallest absolute Gasteiger partial charge is 0.251 e. The Morgan fingerprint density at radius 1 is 1.31 bits per heavy atom. The Bertz CT molecular complexity index is 1290. The monoisotopic (exact) mass is 511 g/mol. The third kappa shape index (κ3) is 5.72. The third-order valence-electron chi connectivity index (χ3n) is 6.31. The molecule has 190 valence electrons. The number of anilines is 2. The van der Waals surface area contributed by atoms with Crippen LogP contribution in [0.4, 0.5) is 15.2 Å². The third-order valence-corrected chi connectivity index (χ3v) is 7.39. The molecule has 10 heteroatoms. The summed E-state index contributed by atoms with van der Waals surface area (Å²) in [5.41, 5.74) is 6.22. The Kier molecular flexibility index (Phi) is 7.39. The van der Waals surface area contributed by atoms with Gasteiger partial charge in [0, 0.05) is 43.0 Å². The molecule has 5 N–H and O–H groups in total. The number of carbonyl (C=O) groups is 2. The van der Waals surface area contributed by atoms with Gasteiger partial charge in [-0.1, -0.05) is 18.2 Å². The summed E-state index contributed by atoms with van der Waals surface area (Å²) in [5.74, 6) is -0.447. The van der Waals surface area contributed by atoms with Gasteiger partial charge in [-0.2, -0.15) is 0 Å². The van der Waals surface area contributed by atoms with Crippen molar-refractivity contribution in [2.24, 2.45) is 5.73 Å². The lowest BCUT2D eigenvalue weighted by Crippen LogP contribution is -2.37. The Balaban J connectivity index is 1.49. The number of hydrogen-bond donors (Lipinski definition) is 4. The van der Waals surface area contributed by atoms with Crippen molar-refractivity contribution < 1.29 is 19.1 Å². The van der Waals surface area contributed by atoms with Crippen LogP contribution < -0.4 is 16.4 Å². The highest BCUT2D eigenvalue weighted by Crippen LogP contribution is 2.38. The molecule has 2 aromatic heterocycles. The summed E-state index contributed by atoms with van der Waals surface area (Å²) in [5, 5.41) is 17.1. The van der Waals surface area contributed by atoms with E-state index in [0.717, 1.165) is 12.1 Å². The molecule has 0 saturated carbocycles. The van der Waals surface area contributed by atoms with Gasteiger partial charge < -0.3 is 26.4 Å². The molecule has 3 aromatic rings. The maximum absolute atomic E-state index is 14.9. The number of amides is 2. The molecule has 1 aromatic carbocycles. The molecule has 1 aliphatic rings. The van der Waals surface area contributed by atoms with E-state index in [9.17, 15) is 19.1 Å². The zero-order valence-corrected chi connectivity index (χ0v) is 21.3. The quantitative estimate of drug-likeness (QED) is 0.347. The standard InChI is InChI=1S/C26H30FN5O3S/c1-26(2,35)15-7-9-18(20(27)11-15)21-12-19(24(28)34)25(36-21)31-22-6-4-5-16(30-22)13-29-14-17-8-10-23(33)32(17)3/h4-7,9,11-12,17,29,35H,8,10,13-14H2,1-3H3,(H2,28,34)(H,30,31). The molecule has 0 radical (unpaired) electrons. The average Bonchev–Trinajstić information content (AvgIpc) is 3.37. The van der Waals surface area contributed by atoms with Crippen molar-refractivity contribution in [2.75, 3.05) is 18.9 Å². The van der Waals surface area contributed by atoms with Gasteiger partial charge in [0.05, 0.1) is 16.9 Å². The highest BCUT2D eigenvalue weighted by atomic mass is 32.1. The van der Waals surface area contributed by atoms with Crippen LogP contribution in [0.3, 0.4) is 0 Å². The fourth-order valence-electron chi connectivity index (χ4n) is 4.13. The van der Waals surface area contributed by atoms with E-state index in [-0.39, 0.29) is 17.5 Å². The molecule has 1 saturated heterocycles. The van der Waals surface area contributed by atoms with Gasteiger partial charge in [-0.05, 0) is 50.1 Å². The van der Waals surface area contributed by atoms with Crippen LogP contribution in [-0.4, -0.2) is 46.4 Å². The molecule has 0 spiro atoms. The minimum atomic E-state index is -1.17. The molecular weight excluding hydrogens is 481 g/mol. The summed E-state index contributed by atoms with van der Waals surface area (Å²) in [4.78, 5) is 30.7. The van der Waals surface area contributed by atoms with Gasteiger partial charge >= 0.3 is 0 Å². The fourth-order valence-corrected chi connectivity index (χ4v) is 5.23. The van der Waals surface area contributed by atoms with Gasteiger partial charge in [0.1, 0.15) is 16.6 Å². The molecule has 1 fully saturated rings. The van der Waals surface area contributed by atoms with Gasteiger partial charge in [-0.3, -0.25) is 9.59 Å². The van der Waals surface area contributed by atoms with Gasteiger partial charge in [-0.25, -0.2) is 9.37 Å². The number of primary amides is 1. The van der Waals surface area contributed by atoms with E-state index in [4.69, 9.17) is 5.73 Å². The van der Waals surface area contributed by atoms with Crippen molar-refractivity contribution in [2.45, 2.75) is 44.9 Å². The number of halogens is 1. The Labute approximate surface area is 213 Å². The molecular formula is C26H30FN5O3S. The van der Waals surface area contributed by atoms with Gasteiger partial charge in [0.25, 0.3) is 5.91 Å². The van der Waals surface area contributed by atoms with Crippen molar-refractivity contribution in [1.82, 2.24) is 15.2 Å². The predicted octanol–water partition coefficient (Wildman–Crippen LogP) is 3.73. The van der Waals surface area contributed by atoms with Gasteiger partial charge in [0.15, 0.2) is 0 Å². The predicted molar refractivity (Wildman–Crippen MR) is 138 cm³/mol. The Morgan fingerprint density at radius 2 is 2.08 bits per heavy atom. The molecule has 3 heterocycles. The van der Waals surface area contributed by atoms with E-state index in [1.165, 1.54) is 17.4 Å². The second-order valence-electron chi connectivity index (χ2n) is 9.44. The first kappa shape index (κ1) is 25.7. The molecule has 8 nitrogen and oxygen atoms in total. The molecule has 2 amide bonds. The average molecular weight is 512 g/mol. The molecule has 0 bridgehead atoms. The SMILES string of the molecule is CN1C(=O)CCC1CNCc1cccc(Nc2sc(-c3ccc(C(C)(C)O)cc3F)cc2C(N)=O)n1. The summed E-state index contributed by atoms with van der Waals surface area (Å²) in [6, 6.07) is 11.8. The van der Waals surface area contributed by atoms with Crippen LogP contribution >= 0.6 is 11.3 Å². The number of likely N-dealkylation sites (tertiary alicyclic amines) is 1. The van der Waals surface area contributed by atoms with Crippen LogP contribution in [0.1, 0.15) is 48.3 Å². The number of likely N-dealkylation sites (N-methyl/N-ethyl adjacent to an activating group) is 1. The van der Waals surface area contributed by atoms with E-state index in [2.05, 4.69) is 15.6 Å². The number of aromatic nitrogens is 1. The number of thiophene rings is 1. The second kappa shape index (κ2) is 10.3. The van der Waals surface area contributed by atoms with Crippen LogP contribution in [0.15, 0.2) is 42.5 Å². The van der Waals surface area contributed by atoms with Crippen molar-refractivity contribution in [3.8, 4) is 10.4 Å². The van der Waals surface area contributed by atoms with E-state index in [1.54, 1.807) is 43.0 Å². The number of nitrogens with two attached hydrogens (primary N) is 1. The lowest BCUT2D eigenvalue weighted by Gasteiger charge is -2.20. The number of benzene rings is 1. The van der Waals surface area contributed by atoms with E-state index < -0.39 is 17.3 Å². The summed E-state index contributed by atoms with van der Waals surface area (Å²) in [6.07, 6.45) is 1.42. The Morgan fingerprint density at radius 3 is 2.72 bits per heavy atom. The van der Waals surface area contributed by atoms with Crippen molar-refractivity contribution in [3.63, 3.8) is 0 Å². The summed E-state index contributed by atoms with van der Waals surface area (Å²) in [6.45, 7) is 4.37. The number of aliphatic hydroxyl groups is 1. The molecule has 36 heavy (non-hydrogen) atoms. The van der Waals surface area contributed by atoms with Gasteiger partial charge in [-0.15, -0.1) is 11.3 Å². The lowest BCUT2D eigenvalue weighted by atomic mass is 9.96.